The number of benzene rings is 1. The molecule has 1 atom stereocenters. The Morgan fingerprint density at radius 2 is 2.05 bits per heavy atom. The zero-order valence-corrected chi connectivity index (χ0v) is 10.0. The first-order chi connectivity index (χ1) is 8.72. The number of aromatic carboxylic acids is 1. The van der Waals surface area contributed by atoms with Crippen LogP contribution in [0.1, 0.15) is 15.9 Å². The first kappa shape index (κ1) is 13.5. The van der Waals surface area contributed by atoms with E-state index in [4.69, 9.17) is 16.7 Å². The molecule has 0 fully saturated rings. The van der Waals surface area contributed by atoms with Crippen molar-refractivity contribution in [2.24, 2.45) is 0 Å². The fourth-order valence-corrected chi connectivity index (χ4v) is 1.88. The minimum Gasteiger partial charge on any atom is -0.478 e. The molecule has 0 spiro atoms. The Morgan fingerprint density at radius 1 is 1.37 bits per heavy atom. The van der Waals surface area contributed by atoms with Crippen molar-refractivity contribution in [2.45, 2.75) is 11.3 Å². The highest BCUT2D eigenvalue weighted by atomic mass is 35.5. The van der Waals surface area contributed by atoms with E-state index < -0.39 is 23.0 Å². The summed E-state index contributed by atoms with van der Waals surface area (Å²) >= 11 is 6.01. The number of allylic oxidation sites excluding steroid dienone is 1. The lowest BCUT2D eigenvalue weighted by atomic mass is 10.1. The summed E-state index contributed by atoms with van der Waals surface area (Å²) < 4.78 is 37.5. The van der Waals surface area contributed by atoms with E-state index in [2.05, 4.69) is 10.6 Å². The molecule has 0 amide bonds. The van der Waals surface area contributed by atoms with Crippen molar-refractivity contribution in [2.75, 3.05) is 0 Å². The maximum Gasteiger partial charge on any atom is 0.432 e. The minimum atomic E-state index is -4.56. The highest BCUT2D eigenvalue weighted by molar-refractivity contribution is 6.24. The van der Waals surface area contributed by atoms with E-state index in [0.717, 1.165) is 0 Å². The SMILES string of the molecule is O=C(O)c1cccc(C2(Cl)NC=C(C(F)(F)F)N2)c1. The van der Waals surface area contributed by atoms with Gasteiger partial charge in [-0.3, -0.25) is 0 Å². The molecule has 102 valence electrons. The number of hydrogen-bond acceptors (Lipinski definition) is 3. The minimum absolute atomic E-state index is 0.0680. The number of hydrogen-bond donors (Lipinski definition) is 3. The normalized spacial score (nSPS) is 22.4. The van der Waals surface area contributed by atoms with Gasteiger partial charge in [0, 0.05) is 11.8 Å². The Balaban J connectivity index is 2.29. The largest absolute Gasteiger partial charge is 0.478 e. The van der Waals surface area contributed by atoms with Crippen LogP contribution >= 0.6 is 11.6 Å². The van der Waals surface area contributed by atoms with E-state index in [-0.39, 0.29) is 11.1 Å². The van der Waals surface area contributed by atoms with Crippen molar-refractivity contribution in [3.8, 4) is 0 Å². The molecule has 4 nitrogen and oxygen atoms in total. The van der Waals surface area contributed by atoms with Gasteiger partial charge in [-0.1, -0.05) is 23.7 Å². The van der Waals surface area contributed by atoms with Gasteiger partial charge < -0.3 is 15.7 Å². The van der Waals surface area contributed by atoms with Crippen LogP contribution in [-0.4, -0.2) is 17.3 Å². The van der Waals surface area contributed by atoms with Gasteiger partial charge in [0.05, 0.1) is 5.56 Å². The Morgan fingerprint density at radius 3 is 2.58 bits per heavy atom. The summed E-state index contributed by atoms with van der Waals surface area (Å²) in [5.74, 6) is -1.19. The molecule has 8 heteroatoms. The summed E-state index contributed by atoms with van der Waals surface area (Å²) in [6.45, 7) is 0. The van der Waals surface area contributed by atoms with Crippen molar-refractivity contribution < 1.29 is 23.1 Å². The lowest BCUT2D eigenvalue weighted by Gasteiger charge is -2.25. The lowest BCUT2D eigenvalue weighted by molar-refractivity contribution is -0.0967. The van der Waals surface area contributed by atoms with Crippen molar-refractivity contribution >= 4 is 17.6 Å². The van der Waals surface area contributed by atoms with Crippen LogP contribution in [0.25, 0.3) is 0 Å². The number of nitrogens with one attached hydrogen (secondary N) is 2. The maximum atomic E-state index is 12.5. The molecule has 1 unspecified atom stereocenters. The molecule has 1 aromatic rings. The molecule has 0 radical (unpaired) electrons. The number of alkyl halides is 4. The van der Waals surface area contributed by atoms with E-state index in [0.29, 0.717) is 6.20 Å². The third-order valence-electron chi connectivity index (χ3n) is 2.54. The number of halogens is 4. The van der Waals surface area contributed by atoms with E-state index >= 15 is 0 Å². The van der Waals surface area contributed by atoms with E-state index in [1.54, 1.807) is 0 Å². The zero-order chi connectivity index (χ0) is 14.3. The average Bonchev–Trinajstić information content (AvgIpc) is 2.73. The second-order valence-corrected chi connectivity index (χ2v) is 4.44. The summed E-state index contributed by atoms with van der Waals surface area (Å²) in [6.07, 6.45) is -3.85. The summed E-state index contributed by atoms with van der Waals surface area (Å²) in [5, 5.41) is 11.6. The van der Waals surface area contributed by atoms with Gasteiger partial charge in [0.1, 0.15) is 5.70 Å². The van der Waals surface area contributed by atoms with Crippen LogP contribution in [0.4, 0.5) is 13.2 Å². The number of rotatable bonds is 2. The van der Waals surface area contributed by atoms with E-state index in [9.17, 15) is 18.0 Å². The molecule has 1 aliphatic rings. The molecule has 0 saturated heterocycles. The molecule has 0 bridgehead atoms. The number of carboxylic acid groups (broad SMARTS) is 1. The second kappa shape index (κ2) is 4.34. The zero-order valence-electron chi connectivity index (χ0n) is 9.25. The van der Waals surface area contributed by atoms with Gasteiger partial charge in [0.15, 0.2) is 0 Å². The number of carbonyl (C=O) groups is 1. The summed E-state index contributed by atoms with van der Waals surface area (Å²) in [7, 11) is 0. The van der Waals surface area contributed by atoms with Crippen molar-refractivity contribution in [3.05, 3.63) is 47.3 Å². The molecule has 1 heterocycles. The van der Waals surface area contributed by atoms with Crippen LogP contribution in [0.15, 0.2) is 36.2 Å². The first-order valence-corrected chi connectivity index (χ1v) is 5.46. The molecule has 2 rings (SSSR count). The number of carboxylic acids is 1. The Hall–Kier alpha value is -1.89. The third-order valence-corrected chi connectivity index (χ3v) is 2.96. The molecule has 1 aromatic carbocycles. The highest BCUT2D eigenvalue weighted by Crippen LogP contribution is 2.34. The molecular formula is C11H8ClF3N2O2. The van der Waals surface area contributed by atoms with Crippen LogP contribution in [0.5, 0.6) is 0 Å². The van der Waals surface area contributed by atoms with E-state index in [1.807, 2.05) is 0 Å². The van der Waals surface area contributed by atoms with Gasteiger partial charge in [-0.15, -0.1) is 0 Å². The Bertz CT molecular complexity index is 559. The van der Waals surface area contributed by atoms with Gasteiger partial charge in [-0.25, -0.2) is 4.79 Å². The van der Waals surface area contributed by atoms with Crippen LogP contribution in [0.3, 0.4) is 0 Å². The molecule has 0 aromatic heterocycles. The molecular weight excluding hydrogens is 285 g/mol. The van der Waals surface area contributed by atoms with Gasteiger partial charge in [-0.05, 0) is 12.1 Å². The van der Waals surface area contributed by atoms with Gasteiger partial charge in [0.25, 0.3) is 0 Å². The third kappa shape index (κ3) is 2.60. The monoisotopic (exact) mass is 292 g/mol. The van der Waals surface area contributed by atoms with Crippen molar-refractivity contribution in [1.29, 1.82) is 0 Å². The van der Waals surface area contributed by atoms with Crippen LogP contribution in [-0.2, 0) is 5.12 Å². The van der Waals surface area contributed by atoms with Crippen LogP contribution in [0.2, 0.25) is 0 Å². The van der Waals surface area contributed by atoms with Gasteiger partial charge in [-0.2, -0.15) is 13.2 Å². The lowest BCUT2D eigenvalue weighted by Crippen LogP contribution is -2.42. The maximum absolute atomic E-state index is 12.5. The molecule has 0 aliphatic carbocycles. The molecule has 3 N–H and O–H groups in total. The van der Waals surface area contributed by atoms with Crippen molar-refractivity contribution in [3.63, 3.8) is 0 Å². The summed E-state index contributed by atoms with van der Waals surface area (Å²) in [6, 6.07) is 5.34. The average molecular weight is 293 g/mol. The van der Waals surface area contributed by atoms with Gasteiger partial charge in [0.2, 0.25) is 5.12 Å². The Labute approximate surface area is 110 Å². The van der Waals surface area contributed by atoms with Gasteiger partial charge >= 0.3 is 12.1 Å². The second-order valence-electron chi connectivity index (χ2n) is 3.87. The summed E-state index contributed by atoms with van der Waals surface area (Å²) in [5.41, 5.74) is -0.922. The highest BCUT2D eigenvalue weighted by Gasteiger charge is 2.44. The molecule has 1 aliphatic heterocycles. The Kier molecular flexibility index (Phi) is 3.09. The predicted molar refractivity (Wildman–Crippen MR) is 61.3 cm³/mol. The standard InChI is InChI=1S/C11H8ClF3N2O2/c12-10(16-5-8(17-10)11(13,14)15)7-3-1-2-6(4-7)9(18)19/h1-5,16-17H,(H,18,19). The quantitative estimate of drug-likeness (QED) is 0.578. The fraction of sp³-hybridized carbons (Fsp3) is 0.182. The van der Waals surface area contributed by atoms with E-state index in [1.165, 1.54) is 24.3 Å². The first-order valence-electron chi connectivity index (χ1n) is 5.08. The van der Waals surface area contributed by atoms with Crippen molar-refractivity contribution in [1.82, 2.24) is 10.6 Å². The predicted octanol–water partition coefficient (Wildman–Crippen LogP) is 2.33. The van der Waals surface area contributed by atoms with Crippen LogP contribution < -0.4 is 10.6 Å². The molecule has 19 heavy (non-hydrogen) atoms. The van der Waals surface area contributed by atoms with Crippen LogP contribution in [0, 0.1) is 0 Å². The topological polar surface area (TPSA) is 61.4 Å². The smallest absolute Gasteiger partial charge is 0.432 e. The summed E-state index contributed by atoms with van der Waals surface area (Å²) in [4.78, 5) is 10.8. The fourth-order valence-electron chi connectivity index (χ4n) is 1.60. The molecule has 0 saturated carbocycles.